The number of likely N-dealkylation sites (tertiary alicyclic amines) is 1. The van der Waals surface area contributed by atoms with E-state index in [1.165, 1.54) is 6.92 Å². The van der Waals surface area contributed by atoms with Gasteiger partial charge in [-0.3, -0.25) is 9.59 Å². The van der Waals surface area contributed by atoms with Crippen LogP contribution in [0.15, 0.2) is 40.8 Å². The average molecular weight is 369 g/mol. The number of benzene rings is 1. The van der Waals surface area contributed by atoms with Crippen LogP contribution >= 0.6 is 11.3 Å². The van der Waals surface area contributed by atoms with Crippen molar-refractivity contribution in [2.75, 3.05) is 6.54 Å². The Balaban J connectivity index is 1.42. The number of rotatable bonds is 4. The highest BCUT2D eigenvalue weighted by Gasteiger charge is 2.32. The molecule has 0 aliphatic carbocycles. The number of nitrogens with one attached hydrogen (secondary N) is 1. The van der Waals surface area contributed by atoms with Crippen LogP contribution in [0.2, 0.25) is 0 Å². The number of carbonyl (C=O) groups excluding carboxylic acids is 2. The van der Waals surface area contributed by atoms with Crippen molar-refractivity contribution in [2.45, 2.75) is 32.4 Å². The maximum absolute atomic E-state index is 12.4. The molecule has 0 spiro atoms. The molecular formula is C19H19N3O3S. The molecule has 1 unspecified atom stereocenters. The molecule has 3 aromatic rings. The van der Waals surface area contributed by atoms with E-state index < -0.39 is 0 Å². The van der Waals surface area contributed by atoms with E-state index >= 15 is 0 Å². The summed E-state index contributed by atoms with van der Waals surface area (Å²) >= 11 is 1.58. The Morgan fingerprint density at radius 2 is 2.15 bits per heavy atom. The summed E-state index contributed by atoms with van der Waals surface area (Å²) < 4.78 is 6.95. The number of fused-ring (bicyclic) bond motifs is 1. The lowest BCUT2D eigenvalue weighted by atomic mass is 10.2. The normalized spacial score (nSPS) is 17.0. The first-order valence-electron chi connectivity index (χ1n) is 8.61. The highest BCUT2D eigenvalue weighted by molar-refractivity contribution is 7.21. The Kier molecular flexibility index (Phi) is 4.46. The van der Waals surface area contributed by atoms with Gasteiger partial charge in [0.25, 0.3) is 0 Å². The third-order valence-electron chi connectivity index (χ3n) is 4.56. The van der Waals surface area contributed by atoms with Crippen molar-refractivity contribution < 1.29 is 14.0 Å². The number of furan rings is 1. The number of para-hydroxylation sites is 1. The van der Waals surface area contributed by atoms with Gasteiger partial charge in [0, 0.05) is 13.5 Å². The topological polar surface area (TPSA) is 75.4 Å². The Hall–Kier alpha value is -2.67. The van der Waals surface area contributed by atoms with Crippen molar-refractivity contribution in [2.24, 2.45) is 0 Å². The molecule has 1 saturated heterocycles. The van der Waals surface area contributed by atoms with Gasteiger partial charge < -0.3 is 14.6 Å². The molecule has 4 rings (SSSR count). The zero-order valence-corrected chi connectivity index (χ0v) is 15.2. The molecule has 1 fully saturated rings. The first-order chi connectivity index (χ1) is 12.6. The number of nitrogens with zero attached hydrogens (tertiary/aromatic N) is 2. The Morgan fingerprint density at radius 3 is 2.96 bits per heavy atom. The Morgan fingerprint density at radius 1 is 1.31 bits per heavy atom. The van der Waals surface area contributed by atoms with Crippen molar-refractivity contribution in [1.82, 2.24) is 15.2 Å². The van der Waals surface area contributed by atoms with Crippen LogP contribution in [0.1, 0.15) is 25.5 Å². The van der Waals surface area contributed by atoms with Gasteiger partial charge in [-0.25, -0.2) is 4.98 Å². The lowest BCUT2D eigenvalue weighted by molar-refractivity contribution is -0.136. The summed E-state index contributed by atoms with van der Waals surface area (Å²) in [4.78, 5) is 30.2. The SMILES string of the molecule is CC(=O)N1CCCC1C(=O)NCc1ccc(-c2nc3ccccc3s2)o1. The van der Waals surface area contributed by atoms with E-state index in [1.807, 2.05) is 36.4 Å². The highest BCUT2D eigenvalue weighted by Crippen LogP contribution is 2.31. The lowest BCUT2D eigenvalue weighted by Crippen LogP contribution is -2.44. The van der Waals surface area contributed by atoms with Crippen LogP contribution in [0.4, 0.5) is 0 Å². The van der Waals surface area contributed by atoms with Crippen LogP contribution in [0.3, 0.4) is 0 Å². The van der Waals surface area contributed by atoms with Crippen molar-refractivity contribution >= 4 is 33.4 Å². The number of carbonyl (C=O) groups is 2. The molecule has 0 radical (unpaired) electrons. The number of hydrogen-bond donors (Lipinski definition) is 1. The number of hydrogen-bond acceptors (Lipinski definition) is 5. The molecular weight excluding hydrogens is 350 g/mol. The summed E-state index contributed by atoms with van der Waals surface area (Å²) in [6.45, 7) is 2.45. The van der Waals surface area contributed by atoms with Crippen LogP contribution in [0, 0.1) is 0 Å². The van der Waals surface area contributed by atoms with Gasteiger partial charge in [0.05, 0.1) is 16.8 Å². The molecule has 0 saturated carbocycles. The second-order valence-electron chi connectivity index (χ2n) is 6.34. The maximum atomic E-state index is 12.4. The average Bonchev–Trinajstić information content (AvgIpc) is 3.37. The van der Waals surface area contributed by atoms with Gasteiger partial charge in [-0.1, -0.05) is 12.1 Å². The summed E-state index contributed by atoms with van der Waals surface area (Å²) in [5.41, 5.74) is 0.948. The van der Waals surface area contributed by atoms with Crippen molar-refractivity contribution in [1.29, 1.82) is 0 Å². The van der Waals surface area contributed by atoms with Crippen molar-refractivity contribution in [3.05, 3.63) is 42.2 Å². The largest absolute Gasteiger partial charge is 0.457 e. The molecule has 7 heteroatoms. The van der Waals surface area contributed by atoms with Crippen LogP contribution in [0.5, 0.6) is 0 Å². The van der Waals surface area contributed by atoms with E-state index in [2.05, 4.69) is 10.3 Å². The quantitative estimate of drug-likeness (QED) is 0.766. The van der Waals surface area contributed by atoms with E-state index in [0.29, 0.717) is 31.0 Å². The van der Waals surface area contributed by atoms with Gasteiger partial charge in [-0.2, -0.15) is 0 Å². The molecule has 1 N–H and O–H groups in total. The minimum Gasteiger partial charge on any atom is -0.457 e. The summed E-state index contributed by atoms with van der Waals surface area (Å²) in [6.07, 6.45) is 1.57. The van der Waals surface area contributed by atoms with Gasteiger partial charge >= 0.3 is 0 Å². The summed E-state index contributed by atoms with van der Waals surface area (Å²) in [5, 5.41) is 3.70. The molecule has 1 aliphatic heterocycles. The minimum absolute atomic E-state index is 0.0567. The van der Waals surface area contributed by atoms with E-state index in [-0.39, 0.29) is 17.9 Å². The third-order valence-corrected chi connectivity index (χ3v) is 5.61. The standard InChI is InChI=1S/C19H19N3O3S/c1-12(23)22-10-4-6-15(22)18(24)20-11-13-8-9-16(25-13)19-21-14-5-2-3-7-17(14)26-19/h2-3,5,7-9,15H,4,6,10-11H2,1H3,(H,20,24). The van der Waals surface area contributed by atoms with Gasteiger partial charge in [-0.05, 0) is 37.1 Å². The number of aromatic nitrogens is 1. The van der Waals surface area contributed by atoms with Gasteiger partial charge in [0.15, 0.2) is 10.8 Å². The molecule has 1 aromatic carbocycles. The summed E-state index contributed by atoms with van der Waals surface area (Å²) in [7, 11) is 0. The fourth-order valence-corrected chi connectivity index (χ4v) is 4.20. The predicted molar refractivity (Wildman–Crippen MR) is 99.6 cm³/mol. The second kappa shape index (κ2) is 6.92. The van der Waals surface area contributed by atoms with Crippen LogP contribution < -0.4 is 5.32 Å². The maximum Gasteiger partial charge on any atom is 0.243 e. The van der Waals surface area contributed by atoms with Crippen LogP contribution in [-0.4, -0.2) is 34.3 Å². The minimum atomic E-state index is -0.369. The van der Waals surface area contributed by atoms with Crippen molar-refractivity contribution in [3.8, 4) is 10.8 Å². The fourth-order valence-electron chi connectivity index (χ4n) is 3.27. The number of thiazole rings is 1. The molecule has 26 heavy (non-hydrogen) atoms. The van der Waals surface area contributed by atoms with E-state index in [1.54, 1.807) is 16.2 Å². The van der Waals surface area contributed by atoms with Crippen LogP contribution in [0.25, 0.3) is 21.0 Å². The zero-order chi connectivity index (χ0) is 18.1. The Labute approximate surface area is 154 Å². The van der Waals surface area contributed by atoms with Crippen molar-refractivity contribution in [3.63, 3.8) is 0 Å². The van der Waals surface area contributed by atoms with E-state index in [9.17, 15) is 9.59 Å². The predicted octanol–water partition coefficient (Wildman–Crippen LogP) is 3.18. The monoisotopic (exact) mass is 369 g/mol. The van der Waals surface area contributed by atoms with E-state index in [0.717, 1.165) is 21.6 Å². The number of amides is 2. The molecule has 134 valence electrons. The molecule has 6 nitrogen and oxygen atoms in total. The summed E-state index contributed by atoms with van der Waals surface area (Å²) in [5.74, 6) is 1.18. The molecule has 3 heterocycles. The van der Waals surface area contributed by atoms with Gasteiger partial charge in [0.2, 0.25) is 11.8 Å². The third kappa shape index (κ3) is 3.22. The van der Waals surface area contributed by atoms with Gasteiger partial charge in [-0.15, -0.1) is 11.3 Å². The molecule has 2 aromatic heterocycles. The Bertz CT molecular complexity index is 929. The van der Waals surface area contributed by atoms with E-state index in [4.69, 9.17) is 4.42 Å². The summed E-state index contributed by atoms with van der Waals surface area (Å²) in [6, 6.07) is 11.3. The smallest absolute Gasteiger partial charge is 0.243 e. The second-order valence-corrected chi connectivity index (χ2v) is 7.37. The molecule has 1 atom stereocenters. The molecule has 0 bridgehead atoms. The first-order valence-corrected chi connectivity index (χ1v) is 9.43. The molecule has 1 aliphatic rings. The fraction of sp³-hybridized carbons (Fsp3) is 0.316. The first kappa shape index (κ1) is 16.8. The van der Waals surface area contributed by atoms with Gasteiger partial charge in [0.1, 0.15) is 11.8 Å². The lowest BCUT2D eigenvalue weighted by Gasteiger charge is -2.22. The van der Waals surface area contributed by atoms with Crippen LogP contribution in [-0.2, 0) is 16.1 Å². The highest BCUT2D eigenvalue weighted by atomic mass is 32.1. The zero-order valence-electron chi connectivity index (χ0n) is 14.4. The molecule has 2 amide bonds.